The van der Waals surface area contributed by atoms with Gasteiger partial charge in [-0.3, -0.25) is 0 Å². The van der Waals surface area contributed by atoms with Crippen molar-refractivity contribution in [3.05, 3.63) is 0 Å². The molecule has 0 aromatic carbocycles. The van der Waals surface area contributed by atoms with Crippen molar-refractivity contribution in [3.8, 4) is 0 Å². The van der Waals surface area contributed by atoms with Crippen molar-refractivity contribution in [1.29, 1.82) is 0 Å². The highest BCUT2D eigenvalue weighted by Gasteiger charge is 2.29. The van der Waals surface area contributed by atoms with Crippen molar-refractivity contribution in [3.63, 3.8) is 0 Å². The van der Waals surface area contributed by atoms with Gasteiger partial charge in [0, 0.05) is 28.0 Å². The summed E-state index contributed by atoms with van der Waals surface area (Å²) in [6.07, 6.45) is 8.20. The summed E-state index contributed by atoms with van der Waals surface area (Å²) < 4.78 is 0. The molecule has 3 heteroatoms. The summed E-state index contributed by atoms with van der Waals surface area (Å²) in [5, 5.41) is 5.47. The predicted octanol–water partition coefficient (Wildman–Crippen LogP) is 4.56. The van der Waals surface area contributed by atoms with Crippen molar-refractivity contribution < 1.29 is 0 Å². The molecule has 3 atom stereocenters. The zero-order valence-electron chi connectivity index (χ0n) is 12.4. The van der Waals surface area contributed by atoms with Crippen LogP contribution in [0.4, 0.5) is 0 Å². The second-order valence-electron chi connectivity index (χ2n) is 5.32. The van der Waals surface area contributed by atoms with Crippen molar-refractivity contribution in [2.75, 3.05) is 18.1 Å². The van der Waals surface area contributed by atoms with Crippen LogP contribution in [-0.4, -0.2) is 34.6 Å². The lowest BCUT2D eigenvalue weighted by atomic mass is 10.0. The molecule has 3 unspecified atom stereocenters. The molecule has 0 aromatic heterocycles. The summed E-state index contributed by atoms with van der Waals surface area (Å²) in [5.74, 6) is 2.69. The van der Waals surface area contributed by atoms with Gasteiger partial charge in [-0.1, -0.05) is 46.5 Å². The van der Waals surface area contributed by atoms with E-state index >= 15 is 0 Å². The average molecular weight is 290 g/mol. The van der Waals surface area contributed by atoms with Gasteiger partial charge in [0.05, 0.1) is 0 Å². The van der Waals surface area contributed by atoms with Crippen LogP contribution in [0.2, 0.25) is 0 Å². The molecule has 0 saturated carbocycles. The van der Waals surface area contributed by atoms with E-state index in [0.717, 1.165) is 16.5 Å². The molecule has 0 aliphatic carbocycles. The molecule has 1 fully saturated rings. The van der Waals surface area contributed by atoms with Crippen LogP contribution >= 0.6 is 23.5 Å². The van der Waals surface area contributed by atoms with Crippen LogP contribution in [-0.2, 0) is 0 Å². The highest BCUT2D eigenvalue weighted by atomic mass is 32.2. The van der Waals surface area contributed by atoms with Gasteiger partial charge in [-0.15, -0.1) is 0 Å². The van der Waals surface area contributed by atoms with Crippen LogP contribution < -0.4 is 5.32 Å². The molecule has 0 spiro atoms. The SMILES string of the molecule is CCCCCCC(NCCC)C1SCCSC1C. The van der Waals surface area contributed by atoms with E-state index < -0.39 is 0 Å². The van der Waals surface area contributed by atoms with Gasteiger partial charge >= 0.3 is 0 Å². The quantitative estimate of drug-likeness (QED) is 0.625. The Morgan fingerprint density at radius 2 is 1.83 bits per heavy atom. The smallest absolute Gasteiger partial charge is 0.0317 e. The van der Waals surface area contributed by atoms with Gasteiger partial charge in [-0.25, -0.2) is 0 Å². The molecule has 18 heavy (non-hydrogen) atoms. The van der Waals surface area contributed by atoms with Crippen LogP contribution in [0, 0.1) is 0 Å². The molecule has 1 N–H and O–H groups in total. The summed E-state index contributed by atoms with van der Waals surface area (Å²) in [6, 6.07) is 0.745. The molecule has 1 heterocycles. The van der Waals surface area contributed by atoms with E-state index in [4.69, 9.17) is 0 Å². The summed E-state index contributed by atoms with van der Waals surface area (Å²) in [6.45, 7) is 8.18. The van der Waals surface area contributed by atoms with Gasteiger partial charge in [0.2, 0.25) is 0 Å². The maximum Gasteiger partial charge on any atom is 0.0317 e. The van der Waals surface area contributed by atoms with Crippen LogP contribution in [0.15, 0.2) is 0 Å². The molecule has 0 radical (unpaired) electrons. The van der Waals surface area contributed by atoms with Crippen molar-refractivity contribution >= 4 is 23.5 Å². The standard InChI is InChI=1S/C15H31NS2/c1-4-6-7-8-9-14(16-10-5-2)15-13(3)17-11-12-18-15/h13-16H,4-12H2,1-3H3. The van der Waals surface area contributed by atoms with Crippen LogP contribution in [0.25, 0.3) is 0 Å². The van der Waals surface area contributed by atoms with Crippen LogP contribution in [0.5, 0.6) is 0 Å². The summed E-state index contributed by atoms with van der Waals surface area (Å²) in [4.78, 5) is 0. The lowest BCUT2D eigenvalue weighted by molar-refractivity contribution is 0.440. The lowest BCUT2D eigenvalue weighted by Gasteiger charge is -2.35. The fourth-order valence-electron chi connectivity index (χ4n) is 2.60. The van der Waals surface area contributed by atoms with E-state index in [0.29, 0.717) is 0 Å². The third-order valence-corrected chi connectivity index (χ3v) is 6.91. The number of rotatable bonds is 9. The number of hydrogen-bond acceptors (Lipinski definition) is 3. The van der Waals surface area contributed by atoms with Crippen molar-refractivity contribution in [2.45, 2.75) is 75.8 Å². The number of unbranched alkanes of at least 4 members (excludes halogenated alkanes) is 3. The number of hydrogen-bond donors (Lipinski definition) is 1. The Hall–Kier alpha value is 0.660. The van der Waals surface area contributed by atoms with Gasteiger partial charge in [0.1, 0.15) is 0 Å². The number of thioether (sulfide) groups is 2. The third kappa shape index (κ3) is 6.21. The number of nitrogens with one attached hydrogen (secondary N) is 1. The molecule has 0 aromatic rings. The van der Waals surface area contributed by atoms with Crippen molar-refractivity contribution in [1.82, 2.24) is 5.32 Å². The van der Waals surface area contributed by atoms with E-state index in [1.165, 1.54) is 56.6 Å². The third-order valence-electron chi connectivity index (χ3n) is 3.66. The zero-order valence-corrected chi connectivity index (χ0v) is 14.0. The average Bonchev–Trinajstić information content (AvgIpc) is 2.39. The normalized spacial score (nSPS) is 26.2. The molecule has 1 aliphatic heterocycles. The Labute approximate surface area is 123 Å². The van der Waals surface area contributed by atoms with Gasteiger partial charge in [0.25, 0.3) is 0 Å². The first kappa shape index (κ1) is 16.7. The minimum atomic E-state index is 0.745. The Balaban J connectivity index is 2.37. The largest absolute Gasteiger partial charge is 0.313 e. The Morgan fingerprint density at radius 1 is 1.06 bits per heavy atom. The first-order valence-corrected chi connectivity index (χ1v) is 9.85. The van der Waals surface area contributed by atoms with E-state index in [1.807, 2.05) is 0 Å². The first-order valence-electron chi connectivity index (χ1n) is 7.76. The molecule has 1 rings (SSSR count). The van der Waals surface area contributed by atoms with Crippen LogP contribution in [0.3, 0.4) is 0 Å². The Morgan fingerprint density at radius 3 is 2.50 bits per heavy atom. The molecule has 0 amide bonds. The van der Waals surface area contributed by atoms with E-state index in [2.05, 4.69) is 49.6 Å². The molecule has 1 saturated heterocycles. The lowest BCUT2D eigenvalue weighted by Crippen LogP contribution is -2.44. The van der Waals surface area contributed by atoms with E-state index in [9.17, 15) is 0 Å². The zero-order chi connectivity index (χ0) is 13.2. The minimum Gasteiger partial charge on any atom is -0.313 e. The molecular weight excluding hydrogens is 258 g/mol. The molecule has 1 nitrogen and oxygen atoms in total. The van der Waals surface area contributed by atoms with E-state index in [-0.39, 0.29) is 0 Å². The summed E-state index contributed by atoms with van der Waals surface area (Å²) in [7, 11) is 0. The molecule has 0 bridgehead atoms. The highest BCUT2D eigenvalue weighted by Crippen LogP contribution is 2.34. The topological polar surface area (TPSA) is 12.0 Å². The summed E-state index contributed by atoms with van der Waals surface area (Å²) >= 11 is 4.38. The van der Waals surface area contributed by atoms with Gasteiger partial charge in [-0.05, 0) is 19.4 Å². The highest BCUT2D eigenvalue weighted by molar-refractivity contribution is 8.07. The van der Waals surface area contributed by atoms with Gasteiger partial charge in [-0.2, -0.15) is 23.5 Å². The molecule has 108 valence electrons. The van der Waals surface area contributed by atoms with Gasteiger partial charge < -0.3 is 5.32 Å². The maximum atomic E-state index is 3.81. The Kier molecular flexibility index (Phi) is 9.70. The summed E-state index contributed by atoms with van der Waals surface area (Å²) in [5.41, 5.74) is 0. The fraction of sp³-hybridized carbons (Fsp3) is 1.00. The molecule has 1 aliphatic rings. The monoisotopic (exact) mass is 289 g/mol. The van der Waals surface area contributed by atoms with Gasteiger partial charge in [0.15, 0.2) is 0 Å². The van der Waals surface area contributed by atoms with E-state index in [1.54, 1.807) is 0 Å². The second kappa shape index (κ2) is 10.4. The van der Waals surface area contributed by atoms with Crippen molar-refractivity contribution in [2.24, 2.45) is 0 Å². The van der Waals surface area contributed by atoms with Crippen LogP contribution in [0.1, 0.15) is 59.3 Å². The first-order chi connectivity index (χ1) is 8.79. The molecular formula is C15H31NS2. The fourth-order valence-corrected chi connectivity index (χ4v) is 5.60. The maximum absolute atomic E-state index is 3.81. The predicted molar refractivity (Wildman–Crippen MR) is 89.0 cm³/mol. The minimum absolute atomic E-state index is 0.745. The Bertz CT molecular complexity index is 199. The second-order valence-corrected chi connectivity index (χ2v) is 8.09.